The van der Waals surface area contributed by atoms with Crippen LogP contribution in [0.25, 0.3) is 0 Å². The topological polar surface area (TPSA) is 140 Å². The van der Waals surface area contributed by atoms with Gasteiger partial charge in [0.2, 0.25) is 10.0 Å². The van der Waals surface area contributed by atoms with Crippen LogP contribution in [0.5, 0.6) is 0 Å². The largest absolute Gasteiger partial charge is 0.480 e. The molecule has 9 heteroatoms. The SMILES string of the molecule is Cc1oc(C(=O)NC2(C(=O)O)CCCCC2)cc1S(N)(=O)=O. The molecular weight excluding hydrogens is 312 g/mol. The zero-order valence-corrected chi connectivity index (χ0v) is 12.9. The lowest BCUT2D eigenvalue weighted by molar-refractivity contribution is -0.145. The molecule has 1 fully saturated rings. The van der Waals surface area contributed by atoms with E-state index in [1.165, 1.54) is 6.92 Å². The second-order valence-corrected chi connectivity index (χ2v) is 7.01. The van der Waals surface area contributed by atoms with Gasteiger partial charge in [-0.2, -0.15) is 0 Å². The van der Waals surface area contributed by atoms with Crippen molar-refractivity contribution in [3.05, 3.63) is 17.6 Å². The summed E-state index contributed by atoms with van der Waals surface area (Å²) in [6, 6.07) is 1.01. The standard InChI is InChI=1S/C13H18N2O6S/c1-8-10(22(14,19)20)7-9(21-8)11(16)15-13(12(17)18)5-3-2-4-6-13/h7H,2-6H2,1H3,(H,15,16)(H,17,18)(H2,14,19,20). The maximum absolute atomic E-state index is 12.2. The van der Waals surface area contributed by atoms with Gasteiger partial charge in [0.25, 0.3) is 5.91 Å². The number of rotatable bonds is 4. The summed E-state index contributed by atoms with van der Waals surface area (Å²) in [5.74, 6) is -2.15. The van der Waals surface area contributed by atoms with Gasteiger partial charge in [0.05, 0.1) is 0 Å². The van der Waals surface area contributed by atoms with Crippen molar-refractivity contribution in [2.45, 2.75) is 49.5 Å². The molecule has 0 saturated heterocycles. The normalized spacial score (nSPS) is 17.9. The van der Waals surface area contributed by atoms with Crippen molar-refractivity contribution in [3.63, 3.8) is 0 Å². The quantitative estimate of drug-likeness (QED) is 0.744. The average Bonchev–Trinajstić information content (AvgIpc) is 2.82. The molecule has 0 radical (unpaired) electrons. The highest BCUT2D eigenvalue weighted by Crippen LogP contribution is 2.29. The third-order valence-electron chi connectivity index (χ3n) is 3.87. The minimum atomic E-state index is -4.00. The fourth-order valence-corrected chi connectivity index (χ4v) is 3.40. The van der Waals surface area contributed by atoms with E-state index in [1.54, 1.807) is 0 Å². The monoisotopic (exact) mass is 330 g/mol. The van der Waals surface area contributed by atoms with Crippen molar-refractivity contribution in [1.82, 2.24) is 5.32 Å². The lowest BCUT2D eigenvalue weighted by Gasteiger charge is -2.33. The zero-order valence-electron chi connectivity index (χ0n) is 12.1. The number of sulfonamides is 1. The highest BCUT2D eigenvalue weighted by Gasteiger charge is 2.41. The van der Waals surface area contributed by atoms with Gasteiger partial charge in [-0.25, -0.2) is 18.4 Å². The van der Waals surface area contributed by atoms with Crippen molar-refractivity contribution < 1.29 is 27.5 Å². The number of carboxylic acid groups (broad SMARTS) is 1. The summed E-state index contributed by atoms with van der Waals surface area (Å²) in [6.07, 6.45) is 2.98. The van der Waals surface area contributed by atoms with E-state index in [0.29, 0.717) is 25.7 Å². The Morgan fingerprint density at radius 2 is 1.91 bits per heavy atom. The Kier molecular flexibility index (Phi) is 4.30. The van der Waals surface area contributed by atoms with Gasteiger partial charge >= 0.3 is 5.97 Å². The van der Waals surface area contributed by atoms with Gasteiger partial charge in [-0.15, -0.1) is 0 Å². The summed E-state index contributed by atoms with van der Waals surface area (Å²) in [7, 11) is -4.00. The number of carbonyl (C=O) groups excluding carboxylic acids is 1. The molecule has 0 bridgehead atoms. The molecule has 1 aliphatic rings. The molecule has 22 heavy (non-hydrogen) atoms. The molecule has 1 heterocycles. The van der Waals surface area contributed by atoms with Crippen molar-refractivity contribution in [2.24, 2.45) is 5.14 Å². The molecule has 0 unspecified atom stereocenters. The maximum atomic E-state index is 12.2. The second-order valence-electron chi connectivity index (χ2n) is 5.48. The molecule has 1 aromatic rings. The van der Waals surface area contributed by atoms with Crippen molar-refractivity contribution in [3.8, 4) is 0 Å². The van der Waals surface area contributed by atoms with Crippen LogP contribution in [-0.2, 0) is 14.8 Å². The van der Waals surface area contributed by atoms with E-state index in [0.717, 1.165) is 12.5 Å². The van der Waals surface area contributed by atoms with E-state index in [1.807, 2.05) is 0 Å². The fourth-order valence-electron chi connectivity index (χ4n) is 2.69. The highest BCUT2D eigenvalue weighted by molar-refractivity contribution is 7.89. The predicted octanol–water partition coefficient (Wildman–Crippen LogP) is 0.753. The van der Waals surface area contributed by atoms with E-state index >= 15 is 0 Å². The number of hydrogen-bond donors (Lipinski definition) is 3. The minimum absolute atomic E-state index is 0.0133. The first-order valence-electron chi connectivity index (χ1n) is 6.85. The summed E-state index contributed by atoms with van der Waals surface area (Å²) < 4.78 is 27.8. The first kappa shape index (κ1) is 16.5. The van der Waals surface area contributed by atoms with Gasteiger partial charge < -0.3 is 14.8 Å². The molecule has 0 aromatic carbocycles. The van der Waals surface area contributed by atoms with Crippen LogP contribution in [0.1, 0.15) is 48.4 Å². The number of primary sulfonamides is 1. The van der Waals surface area contributed by atoms with E-state index in [4.69, 9.17) is 9.56 Å². The summed E-state index contributed by atoms with van der Waals surface area (Å²) in [4.78, 5) is 23.4. The third-order valence-corrected chi connectivity index (χ3v) is 4.89. The molecule has 1 aromatic heterocycles. The van der Waals surface area contributed by atoms with Gasteiger partial charge in [-0.3, -0.25) is 4.79 Å². The molecule has 0 aliphatic heterocycles. The maximum Gasteiger partial charge on any atom is 0.329 e. The van der Waals surface area contributed by atoms with Crippen LogP contribution in [0, 0.1) is 6.92 Å². The Labute approximate surface area is 127 Å². The number of carboxylic acids is 1. The fraction of sp³-hybridized carbons (Fsp3) is 0.538. The van der Waals surface area contributed by atoms with Gasteiger partial charge in [0.15, 0.2) is 5.76 Å². The molecule has 1 amide bonds. The van der Waals surface area contributed by atoms with Gasteiger partial charge in [0.1, 0.15) is 16.2 Å². The Hall–Kier alpha value is -1.87. The molecule has 0 spiro atoms. The first-order valence-corrected chi connectivity index (χ1v) is 8.39. The second kappa shape index (κ2) is 5.73. The Morgan fingerprint density at radius 3 is 2.36 bits per heavy atom. The summed E-state index contributed by atoms with van der Waals surface area (Å²) in [5, 5.41) is 16.9. The van der Waals surface area contributed by atoms with Gasteiger partial charge in [-0.1, -0.05) is 19.3 Å². The number of aryl methyl sites for hydroxylation is 1. The number of amides is 1. The van der Waals surface area contributed by atoms with Crippen LogP contribution in [0.2, 0.25) is 0 Å². The van der Waals surface area contributed by atoms with Crippen LogP contribution in [0.15, 0.2) is 15.4 Å². The van der Waals surface area contributed by atoms with E-state index in [-0.39, 0.29) is 16.4 Å². The number of aliphatic carboxylic acids is 1. The van der Waals surface area contributed by atoms with E-state index in [9.17, 15) is 23.1 Å². The molecule has 4 N–H and O–H groups in total. The summed E-state index contributed by atoms with van der Waals surface area (Å²) in [6.45, 7) is 1.37. The third kappa shape index (κ3) is 3.14. The van der Waals surface area contributed by atoms with Crippen molar-refractivity contribution in [2.75, 3.05) is 0 Å². The van der Waals surface area contributed by atoms with E-state index < -0.39 is 27.4 Å². The number of carbonyl (C=O) groups is 2. The number of nitrogens with one attached hydrogen (secondary N) is 1. The van der Waals surface area contributed by atoms with Crippen molar-refractivity contribution >= 4 is 21.9 Å². The Balaban J connectivity index is 2.27. The summed E-state index contributed by atoms with van der Waals surface area (Å²) >= 11 is 0. The van der Waals surface area contributed by atoms with Gasteiger partial charge in [0, 0.05) is 6.07 Å². The first-order chi connectivity index (χ1) is 10.2. The average molecular weight is 330 g/mol. The van der Waals surface area contributed by atoms with Gasteiger partial charge in [-0.05, 0) is 19.8 Å². The molecule has 0 atom stereocenters. The molecule has 1 aliphatic carbocycles. The van der Waals surface area contributed by atoms with Crippen LogP contribution >= 0.6 is 0 Å². The van der Waals surface area contributed by atoms with Crippen LogP contribution in [0.4, 0.5) is 0 Å². The lowest BCUT2D eigenvalue weighted by atomic mass is 9.81. The van der Waals surface area contributed by atoms with Crippen molar-refractivity contribution in [1.29, 1.82) is 0 Å². The molecule has 8 nitrogen and oxygen atoms in total. The Morgan fingerprint density at radius 1 is 1.32 bits per heavy atom. The smallest absolute Gasteiger partial charge is 0.329 e. The van der Waals surface area contributed by atoms with Crippen LogP contribution in [-0.4, -0.2) is 30.9 Å². The predicted molar refractivity (Wildman–Crippen MR) is 75.7 cm³/mol. The zero-order chi connectivity index (χ0) is 16.5. The summed E-state index contributed by atoms with van der Waals surface area (Å²) in [5.41, 5.74) is -1.34. The number of hydrogen-bond acceptors (Lipinski definition) is 5. The molecular formula is C13H18N2O6S. The minimum Gasteiger partial charge on any atom is -0.480 e. The Bertz CT molecular complexity index is 700. The number of nitrogens with two attached hydrogens (primary N) is 1. The molecule has 122 valence electrons. The van der Waals surface area contributed by atoms with E-state index in [2.05, 4.69) is 5.32 Å². The van der Waals surface area contributed by atoms with Crippen LogP contribution < -0.4 is 10.5 Å². The lowest BCUT2D eigenvalue weighted by Crippen LogP contribution is -2.55. The highest BCUT2D eigenvalue weighted by atomic mass is 32.2. The van der Waals surface area contributed by atoms with Crippen LogP contribution in [0.3, 0.4) is 0 Å². The molecule has 1 saturated carbocycles. The number of furan rings is 1. The molecule has 2 rings (SSSR count).